The van der Waals surface area contributed by atoms with Crippen molar-refractivity contribution in [3.05, 3.63) is 72.0 Å². The summed E-state index contributed by atoms with van der Waals surface area (Å²) in [5.74, 6) is 1.56. The average molecular weight is 348 g/mol. The molecule has 0 amide bonds. The Labute approximate surface area is 149 Å². The first-order valence-corrected chi connectivity index (χ1v) is 8.70. The van der Waals surface area contributed by atoms with Crippen molar-refractivity contribution < 1.29 is 9.47 Å². The Morgan fingerprint density at radius 2 is 1.76 bits per heavy atom. The number of hydrogen-bond donors (Lipinski definition) is 0. The summed E-state index contributed by atoms with van der Waals surface area (Å²) in [4.78, 5) is 8.72. The number of aromatic nitrogens is 2. The minimum absolute atomic E-state index is 0.442. The fraction of sp³-hybridized carbons (Fsp3) is 0.100. The molecule has 0 unspecified atom stereocenters. The standard InChI is InChI=1S/C20H16N2O2S/c1-23-16-3-2-4-17(12-16)24-13-20-22-18-6-5-15(11-19(18)25-20)14-7-9-21-10-8-14/h2-12H,13H2,1H3. The lowest BCUT2D eigenvalue weighted by molar-refractivity contribution is 0.303. The third-order valence-electron chi connectivity index (χ3n) is 3.85. The Hall–Kier alpha value is -2.92. The van der Waals surface area contributed by atoms with Gasteiger partial charge in [-0.3, -0.25) is 4.98 Å². The largest absolute Gasteiger partial charge is 0.497 e. The molecule has 0 aliphatic heterocycles. The molecule has 0 bridgehead atoms. The number of nitrogens with zero attached hydrogens (tertiary/aromatic N) is 2. The van der Waals surface area contributed by atoms with Crippen LogP contribution in [0.2, 0.25) is 0 Å². The van der Waals surface area contributed by atoms with E-state index in [4.69, 9.17) is 9.47 Å². The van der Waals surface area contributed by atoms with Crippen molar-refractivity contribution in [1.29, 1.82) is 0 Å². The van der Waals surface area contributed by atoms with E-state index in [9.17, 15) is 0 Å². The molecule has 0 saturated heterocycles. The summed E-state index contributed by atoms with van der Waals surface area (Å²) < 4.78 is 12.2. The van der Waals surface area contributed by atoms with Crippen molar-refractivity contribution in [3.8, 4) is 22.6 Å². The van der Waals surface area contributed by atoms with E-state index >= 15 is 0 Å². The van der Waals surface area contributed by atoms with Crippen LogP contribution in [0, 0.1) is 0 Å². The summed E-state index contributed by atoms with van der Waals surface area (Å²) in [5.41, 5.74) is 3.31. The Bertz CT molecular complexity index is 999. The molecule has 2 aromatic heterocycles. The topological polar surface area (TPSA) is 44.2 Å². The lowest BCUT2D eigenvalue weighted by Gasteiger charge is -2.05. The van der Waals surface area contributed by atoms with Gasteiger partial charge >= 0.3 is 0 Å². The highest BCUT2D eigenvalue weighted by Crippen LogP contribution is 2.29. The molecule has 124 valence electrons. The van der Waals surface area contributed by atoms with Crippen molar-refractivity contribution in [2.24, 2.45) is 0 Å². The van der Waals surface area contributed by atoms with E-state index in [0.29, 0.717) is 6.61 Å². The minimum atomic E-state index is 0.442. The first-order valence-electron chi connectivity index (χ1n) is 7.88. The quantitative estimate of drug-likeness (QED) is 0.512. The van der Waals surface area contributed by atoms with Crippen molar-refractivity contribution in [3.63, 3.8) is 0 Å². The van der Waals surface area contributed by atoms with Crippen LogP contribution in [-0.4, -0.2) is 17.1 Å². The Morgan fingerprint density at radius 3 is 2.60 bits per heavy atom. The van der Waals surface area contributed by atoms with Gasteiger partial charge < -0.3 is 9.47 Å². The zero-order chi connectivity index (χ0) is 17.1. The molecule has 0 aliphatic carbocycles. The molecule has 0 fully saturated rings. The predicted octanol–water partition coefficient (Wildman–Crippen LogP) is 4.95. The molecule has 0 aliphatic rings. The first kappa shape index (κ1) is 15.6. The van der Waals surface area contributed by atoms with Crippen molar-refractivity contribution in [2.75, 3.05) is 7.11 Å². The maximum absolute atomic E-state index is 5.84. The van der Waals surface area contributed by atoms with Gasteiger partial charge in [0.25, 0.3) is 0 Å². The van der Waals surface area contributed by atoms with Gasteiger partial charge in [0.15, 0.2) is 0 Å². The molecule has 4 nitrogen and oxygen atoms in total. The third-order valence-corrected chi connectivity index (χ3v) is 4.84. The summed E-state index contributed by atoms with van der Waals surface area (Å²) in [6.45, 7) is 0.442. The fourth-order valence-corrected chi connectivity index (χ4v) is 3.51. The van der Waals surface area contributed by atoms with Crippen molar-refractivity contribution in [1.82, 2.24) is 9.97 Å². The van der Waals surface area contributed by atoms with E-state index in [2.05, 4.69) is 28.2 Å². The van der Waals surface area contributed by atoms with Crippen LogP contribution in [0.3, 0.4) is 0 Å². The number of hydrogen-bond acceptors (Lipinski definition) is 5. The average Bonchev–Trinajstić information content (AvgIpc) is 3.09. The van der Waals surface area contributed by atoms with Crippen LogP contribution in [0.1, 0.15) is 5.01 Å². The second-order valence-electron chi connectivity index (χ2n) is 5.49. The molecule has 0 spiro atoms. The van der Waals surface area contributed by atoms with Gasteiger partial charge in [-0.15, -0.1) is 11.3 Å². The van der Waals surface area contributed by atoms with Crippen LogP contribution in [0.15, 0.2) is 67.0 Å². The molecule has 4 aromatic rings. The number of methoxy groups -OCH3 is 1. The SMILES string of the molecule is COc1cccc(OCc2nc3ccc(-c4ccncc4)cc3s2)c1. The number of benzene rings is 2. The van der Waals surface area contributed by atoms with Crippen LogP contribution < -0.4 is 9.47 Å². The normalized spacial score (nSPS) is 10.8. The van der Waals surface area contributed by atoms with Gasteiger partial charge in [-0.1, -0.05) is 12.1 Å². The van der Waals surface area contributed by atoms with E-state index in [1.165, 1.54) is 5.56 Å². The van der Waals surface area contributed by atoms with E-state index < -0.39 is 0 Å². The van der Waals surface area contributed by atoms with Gasteiger partial charge in [0.1, 0.15) is 23.1 Å². The highest BCUT2D eigenvalue weighted by molar-refractivity contribution is 7.18. The summed E-state index contributed by atoms with van der Waals surface area (Å²) in [6.07, 6.45) is 3.61. The molecule has 2 heterocycles. The highest BCUT2D eigenvalue weighted by Gasteiger charge is 2.07. The van der Waals surface area contributed by atoms with E-state index in [-0.39, 0.29) is 0 Å². The maximum Gasteiger partial charge on any atom is 0.140 e. The molecule has 0 N–H and O–H groups in total. The maximum atomic E-state index is 5.84. The fourth-order valence-electron chi connectivity index (χ4n) is 2.59. The van der Waals surface area contributed by atoms with Crippen LogP contribution in [0.5, 0.6) is 11.5 Å². The second kappa shape index (κ2) is 6.91. The van der Waals surface area contributed by atoms with Gasteiger partial charge in [-0.2, -0.15) is 0 Å². The summed E-state index contributed by atoms with van der Waals surface area (Å²) >= 11 is 1.65. The zero-order valence-electron chi connectivity index (χ0n) is 13.7. The lowest BCUT2D eigenvalue weighted by atomic mass is 10.1. The van der Waals surface area contributed by atoms with Gasteiger partial charge in [0.2, 0.25) is 0 Å². The Kier molecular flexibility index (Phi) is 4.31. The predicted molar refractivity (Wildman–Crippen MR) is 100 cm³/mol. The number of ether oxygens (including phenoxy) is 2. The van der Waals surface area contributed by atoms with Crippen molar-refractivity contribution in [2.45, 2.75) is 6.61 Å². The molecule has 2 aromatic carbocycles. The smallest absolute Gasteiger partial charge is 0.140 e. The number of thiazole rings is 1. The third kappa shape index (κ3) is 3.46. The first-order chi connectivity index (χ1) is 12.3. The molecule has 0 saturated carbocycles. The van der Waals surface area contributed by atoms with Crippen molar-refractivity contribution >= 4 is 21.6 Å². The minimum Gasteiger partial charge on any atom is -0.497 e. The van der Waals surface area contributed by atoms with Crippen LogP contribution in [-0.2, 0) is 6.61 Å². The van der Waals surface area contributed by atoms with E-state index in [1.807, 2.05) is 36.4 Å². The monoisotopic (exact) mass is 348 g/mol. The lowest BCUT2D eigenvalue weighted by Crippen LogP contribution is -1.94. The zero-order valence-corrected chi connectivity index (χ0v) is 14.5. The highest BCUT2D eigenvalue weighted by atomic mass is 32.1. The summed E-state index contributed by atoms with van der Waals surface area (Å²) in [6, 6.07) is 17.9. The molecule has 0 radical (unpaired) electrons. The number of pyridine rings is 1. The van der Waals surface area contributed by atoms with E-state index in [0.717, 1.165) is 32.3 Å². The van der Waals surface area contributed by atoms with Gasteiger partial charge in [0, 0.05) is 18.5 Å². The second-order valence-corrected chi connectivity index (χ2v) is 6.61. The van der Waals surface area contributed by atoms with Gasteiger partial charge in [-0.25, -0.2) is 4.98 Å². The van der Waals surface area contributed by atoms with E-state index in [1.54, 1.807) is 30.8 Å². The van der Waals surface area contributed by atoms with Crippen LogP contribution >= 0.6 is 11.3 Å². The number of fused-ring (bicyclic) bond motifs is 1. The molecular formula is C20H16N2O2S. The Balaban J connectivity index is 1.55. The summed E-state index contributed by atoms with van der Waals surface area (Å²) in [7, 11) is 1.65. The molecule has 0 atom stereocenters. The van der Waals surface area contributed by atoms with Crippen LogP contribution in [0.4, 0.5) is 0 Å². The molecular weight excluding hydrogens is 332 g/mol. The molecule has 4 rings (SSSR count). The molecule has 5 heteroatoms. The van der Waals surface area contributed by atoms with Crippen LogP contribution in [0.25, 0.3) is 21.3 Å². The number of rotatable bonds is 5. The Morgan fingerprint density at radius 1 is 0.920 bits per heavy atom. The summed E-state index contributed by atoms with van der Waals surface area (Å²) in [5, 5.41) is 0.949. The molecule has 25 heavy (non-hydrogen) atoms. The van der Waals surface area contributed by atoms with Gasteiger partial charge in [0.05, 0.1) is 17.3 Å². The van der Waals surface area contributed by atoms with Gasteiger partial charge in [-0.05, 0) is 47.5 Å².